The molecule has 0 aliphatic rings. The largest absolute Gasteiger partial charge is 0.472 e. The number of esters is 2. The number of hydrogen-bond acceptors (Lipinski definition) is 8. The first-order valence-electron chi connectivity index (χ1n) is 23.2. The molecule has 0 radical (unpaired) electrons. The van der Waals surface area contributed by atoms with Crippen molar-refractivity contribution in [2.24, 2.45) is 5.73 Å². The number of rotatable bonds is 44. The van der Waals surface area contributed by atoms with Crippen LogP contribution in [0.15, 0.2) is 12.2 Å². The number of carbonyl (C=O) groups excluding carboxylic acids is 2. The van der Waals surface area contributed by atoms with Gasteiger partial charge < -0.3 is 20.1 Å². The maximum Gasteiger partial charge on any atom is 0.472 e. The molecule has 0 fully saturated rings. The van der Waals surface area contributed by atoms with Gasteiger partial charge in [-0.2, -0.15) is 0 Å². The van der Waals surface area contributed by atoms with E-state index in [1.54, 1.807) is 0 Å². The molecular weight excluding hydrogens is 713 g/mol. The van der Waals surface area contributed by atoms with E-state index in [9.17, 15) is 19.0 Å². The zero-order valence-electron chi connectivity index (χ0n) is 35.9. The monoisotopic (exact) mass is 802 g/mol. The van der Waals surface area contributed by atoms with Crippen molar-refractivity contribution in [3.05, 3.63) is 12.2 Å². The van der Waals surface area contributed by atoms with Gasteiger partial charge in [-0.3, -0.25) is 18.6 Å². The molecule has 0 bridgehead atoms. The van der Waals surface area contributed by atoms with Crippen LogP contribution in [0, 0.1) is 0 Å². The highest BCUT2D eigenvalue weighted by Crippen LogP contribution is 2.43. The van der Waals surface area contributed by atoms with Crippen molar-refractivity contribution in [1.82, 2.24) is 0 Å². The number of phosphoric acid groups is 1. The summed E-state index contributed by atoms with van der Waals surface area (Å²) in [6.07, 6.45) is 43.8. The van der Waals surface area contributed by atoms with Crippen LogP contribution in [0.2, 0.25) is 0 Å². The van der Waals surface area contributed by atoms with Gasteiger partial charge in [-0.05, 0) is 38.5 Å². The molecule has 326 valence electrons. The smallest absolute Gasteiger partial charge is 0.462 e. The summed E-state index contributed by atoms with van der Waals surface area (Å²) < 4.78 is 32.8. The third-order valence-corrected chi connectivity index (χ3v) is 11.1. The number of ether oxygens (including phenoxy) is 2. The van der Waals surface area contributed by atoms with Gasteiger partial charge in [-0.15, -0.1) is 0 Å². The van der Waals surface area contributed by atoms with Gasteiger partial charge in [0.1, 0.15) is 6.61 Å². The Balaban J connectivity index is 4.06. The van der Waals surface area contributed by atoms with E-state index in [2.05, 4.69) is 26.0 Å². The van der Waals surface area contributed by atoms with Crippen LogP contribution in [0.3, 0.4) is 0 Å². The summed E-state index contributed by atoms with van der Waals surface area (Å²) in [5, 5.41) is 0. The van der Waals surface area contributed by atoms with Crippen molar-refractivity contribution >= 4 is 19.8 Å². The normalized spacial score (nSPS) is 13.3. The lowest BCUT2D eigenvalue weighted by atomic mass is 10.0. The number of nitrogens with two attached hydrogens (primary N) is 1. The molecule has 0 aromatic heterocycles. The van der Waals surface area contributed by atoms with Crippen LogP contribution < -0.4 is 5.73 Å². The van der Waals surface area contributed by atoms with E-state index in [0.717, 1.165) is 44.9 Å². The molecule has 0 aromatic rings. The Hall–Kier alpha value is -1.25. The van der Waals surface area contributed by atoms with E-state index in [4.69, 9.17) is 24.3 Å². The Morgan fingerprint density at radius 1 is 0.527 bits per heavy atom. The van der Waals surface area contributed by atoms with Gasteiger partial charge in [0, 0.05) is 19.4 Å². The van der Waals surface area contributed by atoms with Crippen LogP contribution in [0.4, 0.5) is 0 Å². The molecule has 3 N–H and O–H groups in total. The third kappa shape index (κ3) is 42.2. The van der Waals surface area contributed by atoms with Crippen LogP contribution in [0.25, 0.3) is 0 Å². The Labute approximate surface area is 339 Å². The van der Waals surface area contributed by atoms with Gasteiger partial charge in [-0.25, -0.2) is 4.57 Å². The van der Waals surface area contributed by atoms with Crippen molar-refractivity contribution in [2.45, 2.75) is 238 Å². The molecule has 0 heterocycles. The first-order valence-corrected chi connectivity index (χ1v) is 24.7. The maximum absolute atomic E-state index is 12.6. The van der Waals surface area contributed by atoms with Crippen LogP contribution >= 0.6 is 7.82 Å². The van der Waals surface area contributed by atoms with E-state index in [1.165, 1.54) is 154 Å². The molecule has 10 heteroatoms. The number of carbonyl (C=O) groups is 2. The molecule has 0 amide bonds. The maximum atomic E-state index is 12.6. The first-order chi connectivity index (χ1) is 26.8. The lowest BCUT2D eigenvalue weighted by molar-refractivity contribution is -0.161. The average Bonchev–Trinajstić information content (AvgIpc) is 3.17. The summed E-state index contributed by atoms with van der Waals surface area (Å²) in [6.45, 7) is 3.75. The van der Waals surface area contributed by atoms with E-state index < -0.39 is 26.5 Å². The quantitative estimate of drug-likeness (QED) is 0.0267. The van der Waals surface area contributed by atoms with E-state index in [1.807, 2.05) is 0 Å². The zero-order valence-corrected chi connectivity index (χ0v) is 36.8. The van der Waals surface area contributed by atoms with Crippen molar-refractivity contribution in [2.75, 3.05) is 26.4 Å². The van der Waals surface area contributed by atoms with Gasteiger partial charge in [0.25, 0.3) is 0 Å². The minimum Gasteiger partial charge on any atom is -0.462 e. The fourth-order valence-electron chi connectivity index (χ4n) is 6.69. The first kappa shape index (κ1) is 53.8. The van der Waals surface area contributed by atoms with Crippen molar-refractivity contribution < 1.29 is 37.6 Å². The molecule has 0 saturated carbocycles. The van der Waals surface area contributed by atoms with E-state index in [-0.39, 0.29) is 38.6 Å². The minimum atomic E-state index is -4.37. The zero-order chi connectivity index (χ0) is 40.3. The van der Waals surface area contributed by atoms with Crippen LogP contribution in [0.5, 0.6) is 0 Å². The molecule has 2 atom stereocenters. The molecule has 0 aromatic carbocycles. The Morgan fingerprint density at radius 3 is 1.31 bits per heavy atom. The number of hydrogen-bond donors (Lipinski definition) is 2. The lowest BCUT2D eigenvalue weighted by Gasteiger charge is -2.19. The third-order valence-electron chi connectivity index (χ3n) is 10.2. The fourth-order valence-corrected chi connectivity index (χ4v) is 7.45. The van der Waals surface area contributed by atoms with Crippen LogP contribution in [0.1, 0.15) is 232 Å². The molecule has 0 aliphatic carbocycles. The predicted octanol–water partition coefficient (Wildman–Crippen LogP) is 13.4. The molecule has 0 spiro atoms. The highest BCUT2D eigenvalue weighted by Gasteiger charge is 2.26. The molecular formula is C45H88NO8P. The number of allylic oxidation sites excluding steroid dienone is 2. The predicted molar refractivity (Wildman–Crippen MR) is 229 cm³/mol. The summed E-state index contributed by atoms with van der Waals surface area (Å²) in [4.78, 5) is 34.9. The second kappa shape index (κ2) is 42.4. The highest BCUT2D eigenvalue weighted by molar-refractivity contribution is 7.47. The van der Waals surface area contributed by atoms with Gasteiger partial charge in [0.15, 0.2) is 6.10 Å². The molecule has 0 aliphatic heterocycles. The van der Waals surface area contributed by atoms with Gasteiger partial charge >= 0.3 is 19.8 Å². The van der Waals surface area contributed by atoms with Crippen LogP contribution in [-0.4, -0.2) is 49.3 Å². The van der Waals surface area contributed by atoms with Crippen molar-refractivity contribution in [3.8, 4) is 0 Å². The Morgan fingerprint density at radius 2 is 0.891 bits per heavy atom. The van der Waals surface area contributed by atoms with Gasteiger partial charge in [-0.1, -0.05) is 193 Å². The number of unbranched alkanes of at least 4 members (excludes halogenated alkanes) is 29. The van der Waals surface area contributed by atoms with Crippen molar-refractivity contribution in [1.29, 1.82) is 0 Å². The second-order valence-electron chi connectivity index (χ2n) is 15.6. The summed E-state index contributed by atoms with van der Waals surface area (Å²) in [6, 6.07) is 0. The van der Waals surface area contributed by atoms with E-state index >= 15 is 0 Å². The highest BCUT2D eigenvalue weighted by atomic mass is 31.2. The molecule has 1 unspecified atom stereocenters. The Bertz CT molecular complexity index is 917. The summed E-state index contributed by atoms with van der Waals surface area (Å²) in [7, 11) is -4.37. The average molecular weight is 802 g/mol. The van der Waals surface area contributed by atoms with Crippen LogP contribution in [-0.2, 0) is 32.7 Å². The van der Waals surface area contributed by atoms with Gasteiger partial charge in [0.2, 0.25) is 0 Å². The summed E-state index contributed by atoms with van der Waals surface area (Å²) in [5.74, 6) is -0.821. The summed E-state index contributed by atoms with van der Waals surface area (Å²) >= 11 is 0. The SMILES string of the molecule is CCCCCCC=CCCCCCCCCCC(=O)O[C@H](COC(=O)CCCCCCCCCCCCCCCCCCCCC)COP(=O)(O)OCCN. The van der Waals surface area contributed by atoms with E-state index in [0.29, 0.717) is 6.42 Å². The molecule has 0 saturated heterocycles. The topological polar surface area (TPSA) is 134 Å². The summed E-state index contributed by atoms with van der Waals surface area (Å²) in [5.41, 5.74) is 5.35. The molecule has 0 rings (SSSR count). The van der Waals surface area contributed by atoms with Gasteiger partial charge in [0.05, 0.1) is 13.2 Å². The molecule has 9 nitrogen and oxygen atoms in total. The Kier molecular flexibility index (Phi) is 41.4. The molecule has 55 heavy (non-hydrogen) atoms. The number of phosphoric ester groups is 1. The fraction of sp³-hybridized carbons (Fsp3) is 0.911. The standard InChI is InChI=1S/C45H88NO8P/c1-3-5-7-9-11-13-15-17-19-20-21-22-24-25-27-29-31-33-35-37-44(47)51-41-43(42-53-55(49,50)52-40-39-46)54-45(48)38-36-34-32-30-28-26-23-18-16-14-12-10-8-6-4-2/h14,16,43H,3-13,15,17-42,46H2,1-2H3,(H,49,50)/t43-/m1/s1. The van der Waals surface area contributed by atoms with Crippen molar-refractivity contribution in [3.63, 3.8) is 0 Å². The lowest BCUT2D eigenvalue weighted by Crippen LogP contribution is -2.29. The minimum absolute atomic E-state index is 0.0556. The second-order valence-corrected chi connectivity index (χ2v) is 17.1.